The van der Waals surface area contributed by atoms with Crippen LogP contribution in [0.1, 0.15) is 16.7 Å². The molecule has 16 heavy (non-hydrogen) atoms. The molecule has 1 aromatic carbocycles. The fourth-order valence-corrected chi connectivity index (χ4v) is 2.06. The molecule has 0 saturated heterocycles. The molecule has 0 aliphatic heterocycles. The topological polar surface area (TPSA) is 33.1 Å². The summed E-state index contributed by atoms with van der Waals surface area (Å²) in [6, 6.07) is 3.15. The number of rotatable bonds is 3. The first kappa shape index (κ1) is 11.2. The van der Waals surface area contributed by atoms with Gasteiger partial charge in [-0.3, -0.25) is 0 Å². The summed E-state index contributed by atoms with van der Waals surface area (Å²) in [6.07, 6.45) is 0.861. The van der Waals surface area contributed by atoms with Gasteiger partial charge in [0, 0.05) is 29.6 Å². The molecular formula is C11H9F2NOS. The molecule has 5 heteroatoms. The minimum atomic E-state index is -0.994. The number of halogens is 2. The fraction of sp³-hybridized carbons (Fsp3) is 0.182. The van der Waals surface area contributed by atoms with E-state index < -0.39 is 17.7 Å². The highest BCUT2D eigenvalue weighted by Gasteiger charge is 2.15. The molecule has 0 bridgehead atoms. The summed E-state index contributed by atoms with van der Waals surface area (Å²) >= 11 is 1.39. The van der Waals surface area contributed by atoms with E-state index in [0.717, 1.165) is 17.1 Å². The number of thiazole rings is 1. The van der Waals surface area contributed by atoms with Crippen LogP contribution < -0.4 is 0 Å². The molecule has 1 aromatic heterocycles. The average Bonchev–Trinajstić information content (AvgIpc) is 2.70. The van der Waals surface area contributed by atoms with Gasteiger partial charge < -0.3 is 5.11 Å². The van der Waals surface area contributed by atoms with Crippen molar-refractivity contribution in [3.8, 4) is 0 Å². The highest BCUT2D eigenvalue weighted by Crippen LogP contribution is 2.22. The number of aromatic nitrogens is 1. The van der Waals surface area contributed by atoms with Crippen LogP contribution in [0.15, 0.2) is 29.8 Å². The van der Waals surface area contributed by atoms with Crippen molar-refractivity contribution in [1.29, 1.82) is 0 Å². The Balaban J connectivity index is 2.17. The van der Waals surface area contributed by atoms with Gasteiger partial charge in [-0.15, -0.1) is 11.3 Å². The maximum Gasteiger partial charge on any atom is 0.131 e. The van der Waals surface area contributed by atoms with Crippen molar-refractivity contribution in [2.45, 2.75) is 12.5 Å². The summed E-state index contributed by atoms with van der Waals surface area (Å²) < 4.78 is 26.0. The van der Waals surface area contributed by atoms with Crippen molar-refractivity contribution < 1.29 is 13.9 Å². The van der Waals surface area contributed by atoms with Crippen LogP contribution in [-0.4, -0.2) is 10.1 Å². The molecule has 0 amide bonds. The minimum Gasteiger partial charge on any atom is -0.388 e. The van der Waals surface area contributed by atoms with Crippen LogP contribution in [-0.2, 0) is 6.42 Å². The van der Waals surface area contributed by atoms with Crippen molar-refractivity contribution in [1.82, 2.24) is 4.98 Å². The molecule has 1 heterocycles. The fourth-order valence-electron chi connectivity index (χ4n) is 1.40. The maximum atomic E-state index is 13.3. The molecule has 0 saturated carbocycles. The standard InChI is InChI=1S/C11H9F2NOS/c12-7-1-2-8(9(13)5-7)10(15)6-11-14-3-4-16-11/h1-5,10,15H,6H2. The van der Waals surface area contributed by atoms with Gasteiger partial charge in [-0.2, -0.15) is 0 Å². The Morgan fingerprint density at radius 3 is 2.81 bits per heavy atom. The Hall–Kier alpha value is -1.33. The smallest absolute Gasteiger partial charge is 0.131 e. The lowest BCUT2D eigenvalue weighted by Gasteiger charge is -2.10. The normalized spacial score (nSPS) is 12.7. The predicted molar refractivity (Wildman–Crippen MR) is 57.1 cm³/mol. The van der Waals surface area contributed by atoms with Crippen molar-refractivity contribution in [3.63, 3.8) is 0 Å². The Bertz CT molecular complexity index is 473. The van der Waals surface area contributed by atoms with Gasteiger partial charge in [-0.25, -0.2) is 13.8 Å². The van der Waals surface area contributed by atoms with Gasteiger partial charge in [0.25, 0.3) is 0 Å². The largest absolute Gasteiger partial charge is 0.388 e. The lowest BCUT2D eigenvalue weighted by Crippen LogP contribution is -2.04. The van der Waals surface area contributed by atoms with E-state index in [-0.39, 0.29) is 12.0 Å². The van der Waals surface area contributed by atoms with Gasteiger partial charge in [0.1, 0.15) is 11.6 Å². The first-order valence-corrected chi connectivity index (χ1v) is 5.56. The van der Waals surface area contributed by atoms with E-state index in [9.17, 15) is 13.9 Å². The third kappa shape index (κ3) is 2.43. The summed E-state index contributed by atoms with van der Waals surface area (Å²) in [6.45, 7) is 0. The van der Waals surface area contributed by atoms with Gasteiger partial charge in [0.15, 0.2) is 0 Å². The van der Waals surface area contributed by atoms with Gasteiger partial charge in [0.2, 0.25) is 0 Å². The maximum absolute atomic E-state index is 13.3. The molecule has 1 atom stereocenters. The zero-order valence-corrected chi connectivity index (χ0v) is 9.05. The van der Waals surface area contributed by atoms with Crippen LogP contribution in [0.4, 0.5) is 8.78 Å². The number of aliphatic hydroxyl groups is 1. The molecule has 1 N–H and O–H groups in total. The van der Waals surface area contributed by atoms with E-state index in [4.69, 9.17) is 0 Å². The SMILES string of the molecule is OC(Cc1nccs1)c1ccc(F)cc1F. The molecule has 0 spiro atoms. The molecule has 2 nitrogen and oxygen atoms in total. The second kappa shape index (κ2) is 4.67. The molecule has 0 fully saturated rings. The number of hydrogen-bond donors (Lipinski definition) is 1. The molecule has 0 aliphatic rings. The molecule has 84 valence electrons. The second-order valence-electron chi connectivity index (χ2n) is 3.31. The second-order valence-corrected chi connectivity index (χ2v) is 4.29. The Morgan fingerprint density at radius 1 is 1.38 bits per heavy atom. The van der Waals surface area contributed by atoms with E-state index in [0.29, 0.717) is 0 Å². The summed E-state index contributed by atoms with van der Waals surface area (Å²) in [5, 5.41) is 12.3. The van der Waals surface area contributed by atoms with E-state index in [1.54, 1.807) is 11.6 Å². The first-order valence-electron chi connectivity index (χ1n) is 4.68. The van der Waals surface area contributed by atoms with Gasteiger partial charge in [-0.05, 0) is 6.07 Å². The zero-order chi connectivity index (χ0) is 11.5. The average molecular weight is 241 g/mol. The number of aliphatic hydroxyl groups excluding tert-OH is 1. The number of benzene rings is 1. The van der Waals surface area contributed by atoms with Crippen LogP contribution in [0.3, 0.4) is 0 Å². The lowest BCUT2D eigenvalue weighted by atomic mass is 10.1. The molecular weight excluding hydrogens is 232 g/mol. The van der Waals surface area contributed by atoms with E-state index in [1.165, 1.54) is 17.4 Å². The zero-order valence-electron chi connectivity index (χ0n) is 8.23. The van der Waals surface area contributed by atoms with E-state index >= 15 is 0 Å². The Kier molecular flexibility index (Phi) is 3.26. The van der Waals surface area contributed by atoms with Crippen LogP contribution >= 0.6 is 11.3 Å². The Labute approximate surface area is 95.2 Å². The molecule has 2 aromatic rings. The minimum absolute atomic E-state index is 0.0941. The molecule has 1 unspecified atom stereocenters. The third-order valence-corrected chi connectivity index (χ3v) is 2.97. The first-order chi connectivity index (χ1) is 7.66. The highest BCUT2D eigenvalue weighted by atomic mass is 32.1. The monoisotopic (exact) mass is 241 g/mol. The van der Waals surface area contributed by atoms with Crippen molar-refractivity contribution in [2.24, 2.45) is 0 Å². The van der Waals surface area contributed by atoms with Gasteiger partial charge in [0.05, 0.1) is 11.1 Å². The van der Waals surface area contributed by atoms with Crippen LogP contribution in [0.2, 0.25) is 0 Å². The molecule has 0 aliphatic carbocycles. The quantitative estimate of drug-likeness (QED) is 0.896. The summed E-state index contributed by atoms with van der Waals surface area (Å²) in [4.78, 5) is 3.99. The van der Waals surface area contributed by atoms with Gasteiger partial charge in [-0.1, -0.05) is 6.07 Å². The molecule has 0 radical (unpaired) electrons. The predicted octanol–water partition coefficient (Wildman–Crippen LogP) is 2.70. The van der Waals surface area contributed by atoms with Gasteiger partial charge >= 0.3 is 0 Å². The van der Waals surface area contributed by atoms with Crippen LogP contribution in [0, 0.1) is 11.6 Å². The van der Waals surface area contributed by atoms with Crippen LogP contribution in [0.25, 0.3) is 0 Å². The van der Waals surface area contributed by atoms with Crippen molar-refractivity contribution >= 4 is 11.3 Å². The summed E-state index contributed by atoms with van der Waals surface area (Å²) in [7, 11) is 0. The Morgan fingerprint density at radius 2 is 2.19 bits per heavy atom. The van der Waals surface area contributed by atoms with Crippen LogP contribution in [0.5, 0.6) is 0 Å². The third-order valence-electron chi connectivity index (χ3n) is 2.17. The molecule has 2 rings (SSSR count). The van der Waals surface area contributed by atoms with Crippen molar-refractivity contribution in [2.75, 3.05) is 0 Å². The number of hydrogen-bond acceptors (Lipinski definition) is 3. The van der Waals surface area contributed by atoms with E-state index in [1.807, 2.05) is 0 Å². The number of nitrogens with zero attached hydrogens (tertiary/aromatic N) is 1. The summed E-state index contributed by atoms with van der Waals surface area (Å²) in [5.74, 6) is -1.38. The summed E-state index contributed by atoms with van der Waals surface area (Å²) in [5.41, 5.74) is 0.0941. The lowest BCUT2D eigenvalue weighted by molar-refractivity contribution is 0.173. The van der Waals surface area contributed by atoms with E-state index in [2.05, 4.69) is 4.98 Å². The van der Waals surface area contributed by atoms with Crippen molar-refractivity contribution in [3.05, 3.63) is 52.0 Å². The highest BCUT2D eigenvalue weighted by molar-refractivity contribution is 7.09.